The van der Waals surface area contributed by atoms with Crippen molar-refractivity contribution in [1.29, 1.82) is 0 Å². The predicted octanol–water partition coefficient (Wildman–Crippen LogP) is 4.01. The summed E-state index contributed by atoms with van der Waals surface area (Å²) < 4.78 is 16.3. The van der Waals surface area contributed by atoms with Gasteiger partial charge in [-0.05, 0) is 37.6 Å². The normalized spacial score (nSPS) is 11.2. The van der Waals surface area contributed by atoms with Gasteiger partial charge >= 0.3 is 0 Å². The molecule has 0 spiro atoms. The summed E-state index contributed by atoms with van der Waals surface area (Å²) in [5.41, 5.74) is 1.55. The van der Waals surface area contributed by atoms with Crippen LogP contribution in [0.15, 0.2) is 47.3 Å². The Kier molecular flexibility index (Phi) is 4.24. The molecule has 0 atom stereocenters. The number of carbonyl (C=O) groups excluding carboxylic acids is 1. The quantitative estimate of drug-likeness (QED) is 0.583. The van der Waals surface area contributed by atoms with Crippen molar-refractivity contribution in [1.82, 2.24) is 9.55 Å². The molecule has 2 aromatic heterocycles. The third kappa shape index (κ3) is 3.10. The number of nitrogens with one attached hydrogen (secondary N) is 1. The molecular weight excluding hydrogens is 365 g/mol. The highest BCUT2D eigenvalue weighted by atomic mass is 32.1. The van der Waals surface area contributed by atoms with Crippen LogP contribution < -0.4 is 10.9 Å². The summed E-state index contributed by atoms with van der Waals surface area (Å²) in [4.78, 5) is 29.9. The van der Waals surface area contributed by atoms with Crippen molar-refractivity contribution in [3.05, 3.63) is 70.0 Å². The number of nitrogens with zero attached hydrogens (tertiary/aromatic N) is 2. The lowest BCUT2D eigenvalue weighted by Crippen LogP contribution is -2.29. The maximum Gasteiger partial charge on any atom is 0.272 e. The van der Waals surface area contributed by atoms with Crippen LogP contribution >= 0.6 is 11.3 Å². The first kappa shape index (κ1) is 17.4. The van der Waals surface area contributed by atoms with Crippen molar-refractivity contribution in [3.63, 3.8) is 0 Å². The van der Waals surface area contributed by atoms with Crippen LogP contribution in [0.5, 0.6) is 0 Å². The van der Waals surface area contributed by atoms with E-state index in [1.54, 1.807) is 19.9 Å². The van der Waals surface area contributed by atoms with E-state index in [1.165, 1.54) is 28.0 Å². The average Bonchev–Trinajstić information content (AvgIpc) is 3.01. The number of hydrogen-bond donors (Lipinski definition) is 1. The maximum atomic E-state index is 13.4. The number of rotatable bonds is 3. The van der Waals surface area contributed by atoms with Crippen LogP contribution in [0.4, 0.5) is 10.1 Å². The predicted molar refractivity (Wildman–Crippen MR) is 106 cm³/mol. The second kappa shape index (κ2) is 6.59. The highest BCUT2D eigenvalue weighted by Crippen LogP contribution is 2.30. The van der Waals surface area contributed by atoms with Crippen LogP contribution in [0, 0.1) is 19.7 Å². The molecule has 0 aliphatic carbocycles. The fraction of sp³-hybridized carbons (Fsp3) is 0.150. The SMILES string of the molecule is Cc1ccc(F)cc1NC(=O)Cn1c(C)nc2c(sc3ccccc32)c1=O. The van der Waals surface area contributed by atoms with Crippen molar-refractivity contribution >= 4 is 43.2 Å². The first-order chi connectivity index (χ1) is 12.9. The Morgan fingerprint density at radius 2 is 2.00 bits per heavy atom. The zero-order chi connectivity index (χ0) is 19.1. The molecule has 0 saturated heterocycles. The molecule has 27 heavy (non-hydrogen) atoms. The van der Waals surface area contributed by atoms with Gasteiger partial charge in [0.05, 0.1) is 5.52 Å². The third-order valence-electron chi connectivity index (χ3n) is 4.45. The number of hydrogen-bond acceptors (Lipinski definition) is 4. The van der Waals surface area contributed by atoms with Crippen LogP contribution in [-0.2, 0) is 11.3 Å². The van der Waals surface area contributed by atoms with E-state index in [4.69, 9.17) is 0 Å². The summed E-state index contributed by atoms with van der Waals surface area (Å²) in [5, 5.41) is 3.60. The van der Waals surface area contributed by atoms with Crippen molar-refractivity contribution in [2.24, 2.45) is 0 Å². The lowest BCUT2D eigenvalue weighted by molar-refractivity contribution is -0.116. The van der Waals surface area contributed by atoms with Gasteiger partial charge < -0.3 is 5.32 Å². The Labute approximate surface area is 158 Å². The molecule has 4 aromatic rings. The number of anilines is 1. The zero-order valence-electron chi connectivity index (χ0n) is 14.7. The second-order valence-electron chi connectivity index (χ2n) is 6.33. The van der Waals surface area contributed by atoms with Crippen molar-refractivity contribution in [2.75, 3.05) is 5.32 Å². The monoisotopic (exact) mass is 381 g/mol. The summed E-state index contributed by atoms with van der Waals surface area (Å²) in [7, 11) is 0. The molecule has 1 amide bonds. The van der Waals surface area contributed by atoms with Gasteiger partial charge in [0.2, 0.25) is 5.91 Å². The molecule has 0 radical (unpaired) electrons. The third-order valence-corrected chi connectivity index (χ3v) is 5.60. The van der Waals surface area contributed by atoms with E-state index < -0.39 is 11.7 Å². The molecular formula is C20H16FN3O2S. The number of thiophene rings is 1. The fourth-order valence-corrected chi connectivity index (χ4v) is 4.12. The first-order valence-corrected chi connectivity index (χ1v) is 9.20. The molecule has 0 aliphatic rings. The highest BCUT2D eigenvalue weighted by molar-refractivity contribution is 7.25. The van der Waals surface area contributed by atoms with E-state index in [0.29, 0.717) is 21.7 Å². The van der Waals surface area contributed by atoms with Crippen LogP contribution in [0.25, 0.3) is 20.3 Å². The van der Waals surface area contributed by atoms with Crippen LogP contribution in [0.2, 0.25) is 0 Å². The molecule has 136 valence electrons. The lowest BCUT2D eigenvalue weighted by Gasteiger charge is -2.11. The van der Waals surface area contributed by atoms with Gasteiger partial charge in [0.25, 0.3) is 5.56 Å². The molecule has 4 rings (SSSR count). The smallest absolute Gasteiger partial charge is 0.272 e. The minimum atomic E-state index is -0.433. The molecule has 0 unspecified atom stereocenters. The molecule has 0 fully saturated rings. The second-order valence-corrected chi connectivity index (χ2v) is 7.39. The van der Waals surface area contributed by atoms with Gasteiger partial charge in [0.1, 0.15) is 22.9 Å². The highest BCUT2D eigenvalue weighted by Gasteiger charge is 2.16. The minimum Gasteiger partial charge on any atom is -0.324 e. The number of aromatic nitrogens is 2. The van der Waals surface area contributed by atoms with E-state index in [-0.39, 0.29) is 12.1 Å². The zero-order valence-corrected chi connectivity index (χ0v) is 15.6. The van der Waals surface area contributed by atoms with E-state index in [0.717, 1.165) is 15.6 Å². The Morgan fingerprint density at radius 3 is 2.81 bits per heavy atom. The molecule has 0 bridgehead atoms. The van der Waals surface area contributed by atoms with Crippen LogP contribution in [0.1, 0.15) is 11.4 Å². The number of amides is 1. The molecule has 7 heteroatoms. The van der Waals surface area contributed by atoms with Gasteiger partial charge in [0, 0.05) is 15.8 Å². The van der Waals surface area contributed by atoms with E-state index in [9.17, 15) is 14.0 Å². The summed E-state index contributed by atoms with van der Waals surface area (Å²) in [6.45, 7) is 3.29. The van der Waals surface area contributed by atoms with Crippen molar-refractivity contribution < 1.29 is 9.18 Å². The van der Waals surface area contributed by atoms with Gasteiger partial charge in [-0.1, -0.05) is 24.3 Å². The van der Waals surface area contributed by atoms with Crippen molar-refractivity contribution in [2.45, 2.75) is 20.4 Å². The largest absolute Gasteiger partial charge is 0.324 e. The Bertz CT molecular complexity index is 1260. The molecule has 0 saturated carbocycles. The number of carbonyl (C=O) groups is 1. The standard InChI is InChI=1S/C20H16FN3O2S/c1-11-7-8-13(21)9-15(11)23-17(25)10-24-12(2)22-18-14-5-3-4-6-16(14)27-19(18)20(24)26/h3-9H,10H2,1-2H3,(H,23,25). The Hall–Kier alpha value is -3.06. The molecule has 2 aromatic carbocycles. The van der Waals surface area contributed by atoms with Crippen molar-refractivity contribution in [3.8, 4) is 0 Å². The Balaban J connectivity index is 1.71. The summed E-state index contributed by atoms with van der Waals surface area (Å²) >= 11 is 1.37. The first-order valence-electron chi connectivity index (χ1n) is 8.39. The fourth-order valence-electron chi connectivity index (χ4n) is 3.03. The van der Waals surface area contributed by atoms with Crippen LogP contribution in [-0.4, -0.2) is 15.5 Å². The Morgan fingerprint density at radius 1 is 1.22 bits per heavy atom. The van der Waals surface area contributed by atoms with Gasteiger partial charge in [-0.2, -0.15) is 0 Å². The van der Waals surface area contributed by atoms with Gasteiger partial charge in [-0.3, -0.25) is 14.2 Å². The number of fused-ring (bicyclic) bond motifs is 3. The summed E-state index contributed by atoms with van der Waals surface area (Å²) in [5.74, 6) is -0.379. The molecule has 5 nitrogen and oxygen atoms in total. The van der Waals surface area contributed by atoms with Gasteiger partial charge in [0.15, 0.2) is 0 Å². The van der Waals surface area contributed by atoms with Crippen LogP contribution in [0.3, 0.4) is 0 Å². The van der Waals surface area contributed by atoms with E-state index in [1.807, 2.05) is 24.3 Å². The average molecular weight is 381 g/mol. The van der Waals surface area contributed by atoms with E-state index >= 15 is 0 Å². The summed E-state index contributed by atoms with van der Waals surface area (Å²) in [6, 6.07) is 11.9. The van der Waals surface area contributed by atoms with E-state index in [2.05, 4.69) is 10.3 Å². The summed E-state index contributed by atoms with van der Waals surface area (Å²) in [6.07, 6.45) is 0. The van der Waals surface area contributed by atoms with Gasteiger partial charge in [-0.25, -0.2) is 9.37 Å². The maximum absolute atomic E-state index is 13.4. The lowest BCUT2D eigenvalue weighted by atomic mass is 10.2. The molecule has 1 N–H and O–H groups in total. The van der Waals surface area contributed by atoms with Gasteiger partial charge in [-0.15, -0.1) is 11.3 Å². The number of benzene rings is 2. The molecule has 2 heterocycles. The number of aryl methyl sites for hydroxylation is 2. The number of halogens is 1. The topological polar surface area (TPSA) is 64.0 Å². The molecule has 0 aliphatic heterocycles. The minimum absolute atomic E-state index is 0.183.